The van der Waals surface area contributed by atoms with Crippen LogP contribution in [-0.4, -0.2) is 21.1 Å². The van der Waals surface area contributed by atoms with E-state index in [1.54, 1.807) is 24.3 Å². The first-order valence-corrected chi connectivity index (χ1v) is 9.21. The van der Waals surface area contributed by atoms with Crippen molar-refractivity contribution in [2.24, 2.45) is 0 Å². The van der Waals surface area contributed by atoms with Crippen LogP contribution in [0.3, 0.4) is 0 Å². The molecule has 2 aromatic heterocycles. The Balaban J connectivity index is 1.59. The molecule has 0 aliphatic carbocycles. The molecule has 1 amide bonds. The molecular formula is C16H10ClN5OS2. The third-order valence-corrected chi connectivity index (χ3v) is 5.42. The zero-order valence-corrected chi connectivity index (χ0v) is 15.0. The summed E-state index contributed by atoms with van der Waals surface area (Å²) in [5.74, 6) is 0.320. The lowest BCUT2D eigenvalue weighted by Crippen LogP contribution is -2.12. The van der Waals surface area contributed by atoms with Crippen molar-refractivity contribution in [3.8, 4) is 6.07 Å². The van der Waals surface area contributed by atoms with Gasteiger partial charge in [-0.15, -0.1) is 10.2 Å². The molecule has 0 saturated heterocycles. The molecule has 0 aliphatic rings. The first kappa shape index (κ1) is 17.4. The van der Waals surface area contributed by atoms with Crippen LogP contribution >= 0.6 is 34.7 Å². The van der Waals surface area contributed by atoms with Gasteiger partial charge in [0.05, 0.1) is 17.2 Å². The molecule has 0 radical (unpaired) electrons. The van der Waals surface area contributed by atoms with Gasteiger partial charge in [0.1, 0.15) is 5.15 Å². The Morgan fingerprint density at radius 1 is 1.28 bits per heavy atom. The van der Waals surface area contributed by atoms with Crippen LogP contribution in [0.4, 0.5) is 5.13 Å². The molecule has 6 nitrogen and oxygen atoms in total. The average Bonchev–Trinajstić information content (AvgIpc) is 3.08. The number of anilines is 1. The molecule has 9 heteroatoms. The summed E-state index contributed by atoms with van der Waals surface area (Å²) in [7, 11) is 0. The van der Waals surface area contributed by atoms with Gasteiger partial charge in [-0.3, -0.25) is 10.1 Å². The molecule has 25 heavy (non-hydrogen) atoms. The van der Waals surface area contributed by atoms with Gasteiger partial charge in [0.25, 0.3) is 5.91 Å². The largest absolute Gasteiger partial charge is 0.296 e. The molecule has 3 rings (SSSR count). The summed E-state index contributed by atoms with van der Waals surface area (Å²) in [5.41, 5.74) is 1.99. The minimum atomic E-state index is -0.377. The number of nitrogens with one attached hydrogen (secondary N) is 1. The van der Waals surface area contributed by atoms with Gasteiger partial charge in [-0.2, -0.15) is 5.26 Å². The van der Waals surface area contributed by atoms with Gasteiger partial charge in [0, 0.05) is 11.9 Å². The molecule has 0 aliphatic heterocycles. The number of nitriles is 1. The van der Waals surface area contributed by atoms with Crippen molar-refractivity contribution in [1.82, 2.24) is 15.2 Å². The first-order chi connectivity index (χ1) is 12.2. The van der Waals surface area contributed by atoms with E-state index in [-0.39, 0.29) is 16.6 Å². The minimum Gasteiger partial charge on any atom is -0.296 e. The number of amides is 1. The second kappa shape index (κ2) is 8.07. The fourth-order valence-electron chi connectivity index (χ4n) is 1.86. The number of aromatic nitrogens is 3. The predicted octanol–water partition coefficient (Wildman–Crippen LogP) is 4.00. The summed E-state index contributed by atoms with van der Waals surface area (Å²) in [6.45, 7) is 0. The van der Waals surface area contributed by atoms with Crippen molar-refractivity contribution in [3.63, 3.8) is 0 Å². The second-order valence-electron chi connectivity index (χ2n) is 4.77. The van der Waals surface area contributed by atoms with Crippen LogP contribution in [0.2, 0.25) is 5.15 Å². The molecule has 0 fully saturated rings. The number of halogens is 1. The van der Waals surface area contributed by atoms with Crippen LogP contribution in [0.25, 0.3) is 0 Å². The summed E-state index contributed by atoms with van der Waals surface area (Å²) < 4.78 is 0.733. The van der Waals surface area contributed by atoms with Crippen LogP contribution in [0.5, 0.6) is 0 Å². The second-order valence-corrected chi connectivity index (χ2v) is 7.32. The van der Waals surface area contributed by atoms with E-state index in [0.29, 0.717) is 16.4 Å². The van der Waals surface area contributed by atoms with Gasteiger partial charge in [-0.25, -0.2) is 4.98 Å². The highest BCUT2D eigenvalue weighted by molar-refractivity contribution is 8.00. The SMILES string of the molecule is N#Cc1ccc(CSc2nnc(NC(=O)c3cccnc3Cl)s2)cc1. The summed E-state index contributed by atoms with van der Waals surface area (Å²) in [5, 5.41) is 20.0. The number of carbonyl (C=O) groups excluding carboxylic acids is 1. The number of carbonyl (C=O) groups is 1. The monoisotopic (exact) mass is 387 g/mol. The zero-order valence-electron chi connectivity index (χ0n) is 12.6. The molecule has 0 saturated carbocycles. The van der Waals surface area contributed by atoms with Crippen molar-refractivity contribution in [3.05, 3.63) is 64.4 Å². The van der Waals surface area contributed by atoms with E-state index < -0.39 is 0 Å². The number of benzene rings is 1. The Morgan fingerprint density at radius 3 is 2.80 bits per heavy atom. The molecular weight excluding hydrogens is 378 g/mol. The molecule has 0 spiro atoms. The van der Waals surface area contributed by atoms with Crippen molar-refractivity contribution < 1.29 is 4.79 Å². The van der Waals surface area contributed by atoms with Gasteiger partial charge in [-0.05, 0) is 29.8 Å². The molecule has 0 atom stereocenters. The zero-order chi connectivity index (χ0) is 17.6. The van der Waals surface area contributed by atoms with Gasteiger partial charge < -0.3 is 0 Å². The summed E-state index contributed by atoms with van der Waals surface area (Å²) in [6, 6.07) is 12.7. The smallest absolute Gasteiger partial charge is 0.260 e. The first-order valence-electron chi connectivity index (χ1n) is 7.03. The topological polar surface area (TPSA) is 91.6 Å². The van der Waals surface area contributed by atoms with E-state index in [1.807, 2.05) is 12.1 Å². The van der Waals surface area contributed by atoms with E-state index in [0.717, 1.165) is 9.90 Å². The fourth-order valence-corrected chi connectivity index (χ4v) is 3.77. The number of thioether (sulfide) groups is 1. The Labute approximate surface area is 156 Å². The van der Waals surface area contributed by atoms with Gasteiger partial charge >= 0.3 is 0 Å². The number of hydrogen-bond acceptors (Lipinski definition) is 7. The maximum absolute atomic E-state index is 12.2. The number of nitrogens with zero attached hydrogens (tertiary/aromatic N) is 4. The van der Waals surface area contributed by atoms with Gasteiger partial charge in [0.2, 0.25) is 5.13 Å². The van der Waals surface area contributed by atoms with E-state index in [9.17, 15) is 4.79 Å². The molecule has 0 bridgehead atoms. The van der Waals surface area contributed by atoms with E-state index in [1.165, 1.54) is 29.3 Å². The number of pyridine rings is 1. The number of rotatable bonds is 5. The summed E-state index contributed by atoms with van der Waals surface area (Å²) in [4.78, 5) is 16.0. The van der Waals surface area contributed by atoms with Crippen LogP contribution in [0.15, 0.2) is 46.9 Å². The molecule has 1 aromatic carbocycles. The van der Waals surface area contributed by atoms with Crippen molar-refractivity contribution in [2.45, 2.75) is 10.1 Å². The lowest BCUT2D eigenvalue weighted by Gasteiger charge is -2.01. The van der Waals surface area contributed by atoms with Crippen LogP contribution in [0.1, 0.15) is 21.5 Å². The highest BCUT2D eigenvalue weighted by Gasteiger charge is 2.13. The maximum Gasteiger partial charge on any atom is 0.260 e. The van der Waals surface area contributed by atoms with E-state index in [4.69, 9.17) is 16.9 Å². The van der Waals surface area contributed by atoms with Gasteiger partial charge in [-0.1, -0.05) is 46.8 Å². The van der Waals surface area contributed by atoms with E-state index in [2.05, 4.69) is 26.6 Å². The van der Waals surface area contributed by atoms with Crippen LogP contribution in [-0.2, 0) is 5.75 Å². The molecule has 0 unspecified atom stereocenters. The van der Waals surface area contributed by atoms with Crippen molar-refractivity contribution in [1.29, 1.82) is 5.26 Å². The lowest BCUT2D eigenvalue weighted by molar-refractivity contribution is 0.102. The minimum absolute atomic E-state index is 0.139. The molecule has 1 N–H and O–H groups in total. The van der Waals surface area contributed by atoms with Crippen LogP contribution < -0.4 is 5.32 Å². The van der Waals surface area contributed by atoms with Gasteiger partial charge in [0.15, 0.2) is 4.34 Å². The highest BCUT2D eigenvalue weighted by Crippen LogP contribution is 2.28. The number of hydrogen-bond donors (Lipinski definition) is 1. The Hall–Kier alpha value is -2.47. The maximum atomic E-state index is 12.2. The summed E-state index contributed by atoms with van der Waals surface area (Å²) in [6.07, 6.45) is 1.52. The molecule has 2 heterocycles. The van der Waals surface area contributed by atoms with Crippen molar-refractivity contribution >= 4 is 45.7 Å². The quantitative estimate of drug-likeness (QED) is 0.404. The Bertz CT molecular complexity index is 936. The summed E-state index contributed by atoms with van der Waals surface area (Å²) >= 11 is 8.69. The standard InChI is InChI=1S/C16H10ClN5OS2/c17-13-12(2-1-7-19-13)14(23)20-15-21-22-16(25-15)24-9-11-5-3-10(8-18)4-6-11/h1-7H,9H2,(H,20,21,23). The normalized spacial score (nSPS) is 10.2. The Kier molecular flexibility index (Phi) is 5.60. The van der Waals surface area contributed by atoms with Crippen molar-refractivity contribution in [2.75, 3.05) is 5.32 Å². The average molecular weight is 388 g/mol. The third-order valence-electron chi connectivity index (χ3n) is 3.08. The fraction of sp³-hybridized carbons (Fsp3) is 0.0625. The highest BCUT2D eigenvalue weighted by atomic mass is 35.5. The lowest BCUT2D eigenvalue weighted by atomic mass is 10.2. The predicted molar refractivity (Wildman–Crippen MR) is 97.8 cm³/mol. The molecule has 124 valence electrons. The third kappa shape index (κ3) is 4.54. The van der Waals surface area contributed by atoms with E-state index >= 15 is 0 Å². The van der Waals surface area contributed by atoms with Crippen LogP contribution in [0, 0.1) is 11.3 Å². The molecule has 3 aromatic rings. The Morgan fingerprint density at radius 2 is 2.08 bits per heavy atom.